The van der Waals surface area contributed by atoms with Crippen LogP contribution in [0.1, 0.15) is 57.4 Å². The van der Waals surface area contributed by atoms with Gasteiger partial charge in [0.15, 0.2) is 15.9 Å². The van der Waals surface area contributed by atoms with Gasteiger partial charge in [0, 0.05) is 22.6 Å². The van der Waals surface area contributed by atoms with E-state index in [0.717, 1.165) is 11.1 Å². The molecule has 6 nitrogen and oxygen atoms in total. The first-order chi connectivity index (χ1) is 16.4. The Labute approximate surface area is 222 Å². The van der Waals surface area contributed by atoms with Crippen LogP contribution in [0, 0.1) is 0 Å². The highest BCUT2D eigenvalue weighted by Gasteiger charge is 2.47. The molecule has 3 rings (SSSR count). The van der Waals surface area contributed by atoms with Crippen LogP contribution in [0.2, 0.25) is 10.0 Å². The minimum atomic E-state index is -3.53. The van der Waals surface area contributed by atoms with Crippen LogP contribution in [-0.4, -0.2) is 48.4 Å². The van der Waals surface area contributed by atoms with Crippen molar-refractivity contribution >= 4 is 50.7 Å². The maximum atomic E-state index is 13.8. The second-order valence-corrected chi connectivity index (χ2v) is 13.6. The van der Waals surface area contributed by atoms with Crippen molar-refractivity contribution in [3.63, 3.8) is 0 Å². The van der Waals surface area contributed by atoms with Crippen molar-refractivity contribution in [3.05, 3.63) is 69.7 Å². The van der Waals surface area contributed by atoms with Gasteiger partial charge < -0.3 is 9.64 Å². The van der Waals surface area contributed by atoms with Crippen molar-refractivity contribution in [1.29, 1.82) is 0 Å². The van der Waals surface area contributed by atoms with Crippen LogP contribution in [-0.2, 0) is 19.4 Å². The molecule has 1 heterocycles. The lowest BCUT2D eigenvalue weighted by Gasteiger charge is -2.48. The number of amides is 1. The summed E-state index contributed by atoms with van der Waals surface area (Å²) in [6.45, 7) is 6.95. The molecule has 1 aliphatic heterocycles. The number of ether oxygens (including phenoxy) is 1. The highest BCUT2D eigenvalue weighted by Crippen LogP contribution is 2.44. The first kappa shape index (κ1) is 28.2. The fraction of sp³-hybridized carbons (Fsp3) is 0.480. The molecule has 1 fully saturated rings. The van der Waals surface area contributed by atoms with Gasteiger partial charge in [0.1, 0.15) is 6.10 Å². The predicted molar refractivity (Wildman–Crippen MR) is 142 cm³/mol. The average Bonchev–Trinajstić information content (AvgIpc) is 2.78. The summed E-state index contributed by atoms with van der Waals surface area (Å²) in [6.07, 6.45) is -1.09. The maximum absolute atomic E-state index is 13.8. The van der Waals surface area contributed by atoms with Crippen LogP contribution < -0.4 is 4.84 Å². The van der Waals surface area contributed by atoms with E-state index in [1.54, 1.807) is 49.9 Å². The average molecular weight is 562 g/mol. The molecule has 0 unspecified atom stereocenters. The van der Waals surface area contributed by atoms with Crippen molar-refractivity contribution in [2.24, 2.45) is 0 Å². The molecule has 0 bridgehead atoms. The monoisotopic (exact) mass is 560 g/mol. The second-order valence-electron chi connectivity index (χ2n) is 9.64. The van der Waals surface area contributed by atoms with E-state index < -0.39 is 38.9 Å². The molecule has 1 N–H and O–H groups in total. The molecule has 0 aliphatic carbocycles. The van der Waals surface area contributed by atoms with Gasteiger partial charge >= 0.3 is 0 Å². The number of nitrogens with one attached hydrogen (secondary N) is 1. The first-order valence-electron chi connectivity index (χ1n) is 11.4. The minimum Gasteiger partial charge on any atom is -0.357 e. The van der Waals surface area contributed by atoms with Crippen LogP contribution in [0.4, 0.5) is 0 Å². The summed E-state index contributed by atoms with van der Waals surface area (Å²) >= 11 is 18.2. The highest BCUT2D eigenvalue weighted by atomic mass is 35.5. The van der Waals surface area contributed by atoms with Crippen LogP contribution in [0.25, 0.3) is 0 Å². The maximum Gasteiger partial charge on any atom is 0.254 e. The molecule has 0 saturated carbocycles. The lowest BCUT2D eigenvalue weighted by Crippen LogP contribution is -2.58. The number of carbonyl (C=O) groups is 1. The number of rotatable bonds is 8. The number of hydrogen-bond donors (Lipinski definition) is 1. The molecule has 1 saturated heterocycles. The Hall–Kier alpha value is -1.35. The first-order valence-corrected chi connectivity index (χ1v) is 14.2. The van der Waals surface area contributed by atoms with Gasteiger partial charge in [0.05, 0.1) is 16.5 Å². The van der Waals surface area contributed by atoms with Crippen molar-refractivity contribution < 1.29 is 17.9 Å². The van der Waals surface area contributed by atoms with E-state index in [-0.39, 0.29) is 18.2 Å². The lowest BCUT2D eigenvalue weighted by atomic mass is 9.90. The van der Waals surface area contributed by atoms with E-state index in [1.807, 2.05) is 31.2 Å². The molecule has 2 aromatic rings. The van der Waals surface area contributed by atoms with Gasteiger partial charge in [-0.15, -0.1) is 0 Å². The number of benzene rings is 2. The van der Waals surface area contributed by atoms with Crippen LogP contribution in [0.15, 0.2) is 48.5 Å². The zero-order valence-corrected chi connectivity index (χ0v) is 23.3. The Morgan fingerprint density at radius 2 is 1.71 bits per heavy atom. The van der Waals surface area contributed by atoms with E-state index in [4.69, 9.17) is 39.7 Å². The van der Waals surface area contributed by atoms with E-state index in [9.17, 15) is 13.2 Å². The molecule has 35 heavy (non-hydrogen) atoms. The fourth-order valence-corrected chi connectivity index (χ4v) is 6.08. The van der Waals surface area contributed by atoms with E-state index in [1.165, 1.54) is 0 Å². The van der Waals surface area contributed by atoms with Crippen molar-refractivity contribution in [1.82, 2.24) is 9.74 Å². The molecule has 4 atom stereocenters. The Balaban J connectivity index is 2.19. The molecule has 0 aromatic heterocycles. The summed E-state index contributed by atoms with van der Waals surface area (Å²) < 4.78 is 31.8. The SMILES string of the molecule is CC[C@@H](CS(=O)(=O)C(C)(C)C)N1C(=O)[C@H](CNCl)O[C@H](c2cccc(Cl)c2)[C@H]1c1ccc(Cl)cc1. The highest BCUT2D eigenvalue weighted by molar-refractivity contribution is 7.92. The summed E-state index contributed by atoms with van der Waals surface area (Å²) in [5, 5.41) is 1.08. The summed E-state index contributed by atoms with van der Waals surface area (Å²) in [5.41, 5.74) is 1.54. The van der Waals surface area contributed by atoms with Crippen molar-refractivity contribution in [2.45, 2.75) is 63.2 Å². The number of hydrogen-bond acceptors (Lipinski definition) is 5. The molecular weight excluding hydrogens is 531 g/mol. The zero-order valence-electron chi connectivity index (χ0n) is 20.2. The standard InChI is InChI=1S/C25H31Cl3N2O4S/c1-5-20(15-35(32,33)25(2,3)4)30-22(16-9-11-18(26)12-10-16)23(17-7-6-8-19(27)13-17)34-21(14-29-28)24(30)31/h6-13,20-23,29H,5,14-15H2,1-4H3/t20-,21-,22+,23+/m0/s1. The fourth-order valence-electron chi connectivity index (χ4n) is 4.21. The van der Waals surface area contributed by atoms with Gasteiger partial charge in [-0.05, 0) is 74.4 Å². The minimum absolute atomic E-state index is 0.0593. The van der Waals surface area contributed by atoms with Gasteiger partial charge in [0.25, 0.3) is 5.91 Å². The summed E-state index contributed by atoms with van der Waals surface area (Å²) in [4.78, 5) is 18.0. The van der Waals surface area contributed by atoms with Gasteiger partial charge in [-0.2, -0.15) is 0 Å². The van der Waals surface area contributed by atoms with E-state index in [2.05, 4.69) is 4.84 Å². The Morgan fingerprint density at radius 3 is 2.26 bits per heavy atom. The molecule has 1 amide bonds. The number of sulfone groups is 1. The Bertz CT molecular complexity index is 1140. The number of carbonyl (C=O) groups excluding carboxylic acids is 1. The zero-order chi connectivity index (χ0) is 26.0. The van der Waals surface area contributed by atoms with Crippen molar-refractivity contribution in [3.8, 4) is 0 Å². The van der Waals surface area contributed by atoms with Crippen molar-refractivity contribution in [2.75, 3.05) is 12.3 Å². The second kappa shape index (κ2) is 11.4. The molecule has 1 aliphatic rings. The third-order valence-electron chi connectivity index (χ3n) is 6.29. The van der Waals surface area contributed by atoms with E-state index in [0.29, 0.717) is 16.5 Å². The van der Waals surface area contributed by atoms with Crippen LogP contribution >= 0.6 is 35.0 Å². The number of nitrogens with zero attached hydrogens (tertiary/aromatic N) is 1. The molecular formula is C25H31Cl3N2O4S. The quantitative estimate of drug-likeness (QED) is 0.416. The lowest BCUT2D eigenvalue weighted by molar-refractivity contribution is -0.177. The summed E-state index contributed by atoms with van der Waals surface area (Å²) in [6, 6.07) is 13.2. The third-order valence-corrected chi connectivity index (χ3v) is 9.62. The van der Waals surface area contributed by atoms with Gasteiger partial charge in [-0.25, -0.2) is 13.3 Å². The van der Waals surface area contributed by atoms with E-state index >= 15 is 0 Å². The van der Waals surface area contributed by atoms with Crippen LogP contribution in [0.5, 0.6) is 0 Å². The van der Waals surface area contributed by atoms with Crippen LogP contribution in [0.3, 0.4) is 0 Å². The van der Waals surface area contributed by atoms with Gasteiger partial charge in [-0.3, -0.25) is 4.79 Å². The summed E-state index contributed by atoms with van der Waals surface area (Å²) in [5.74, 6) is -0.501. The molecule has 2 aromatic carbocycles. The molecule has 192 valence electrons. The predicted octanol–water partition coefficient (Wildman–Crippen LogP) is 5.74. The van der Waals surface area contributed by atoms with Gasteiger partial charge in [-0.1, -0.05) is 54.4 Å². The number of halogens is 3. The molecule has 0 spiro atoms. The Morgan fingerprint density at radius 1 is 1.06 bits per heavy atom. The molecule has 0 radical (unpaired) electrons. The largest absolute Gasteiger partial charge is 0.357 e. The normalized spacial score (nSPS) is 22.3. The Kier molecular flexibility index (Phi) is 9.16. The topological polar surface area (TPSA) is 75.7 Å². The number of morpholine rings is 1. The molecule has 10 heteroatoms. The smallest absolute Gasteiger partial charge is 0.254 e. The van der Waals surface area contributed by atoms with Gasteiger partial charge in [0.2, 0.25) is 0 Å². The third kappa shape index (κ3) is 6.32. The summed E-state index contributed by atoms with van der Waals surface area (Å²) in [7, 11) is -3.53.